The summed E-state index contributed by atoms with van der Waals surface area (Å²) in [6.45, 7) is 0.367. The average molecular weight is 407 g/mol. The highest BCUT2D eigenvalue weighted by molar-refractivity contribution is 7.89. The van der Waals surface area contributed by atoms with Gasteiger partial charge in [0, 0.05) is 12.6 Å². The van der Waals surface area contributed by atoms with Crippen LogP contribution in [-0.2, 0) is 14.8 Å². The van der Waals surface area contributed by atoms with Crippen LogP contribution in [0.15, 0.2) is 52.0 Å². The van der Waals surface area contributed by atoms with Crippen molar-refractivity contribution in [1.29, 1.82) is 0 Å². The zero-order valence-corrected chi connectivity index (χ0v) is 17.1. The van der Waals surface area contributed by atoms with Crippen LogP contribution in [0.3, 0.4) is 0 Å². The van der Waals surface area contributed by atoms with E-state index in [1.807, 2.05) is 25.1 Å². The summed E-state index contributed by atoms with van der Waals surface area (Å²) in [4.78, 5) is 14.1. The first kappa shape index (κ1) is 21.7. The number of amides is 1. The first-order valence-corrected chi connectivity index (χ1v) is 10.0. The van der Waals surface area contributed by atoms with Gasteiger partial charge in [0.15, 0.2) is 0 Å². The lowest BCUT2D eigenvalue weighted by Gasteiger charge is -2.22. The van der Waals surface area contributed by atoms with E-state index >= 15 is 0 Å². The molecule has 1 unspecified atom stereocenters. The van der Waals surface area contributed by atoms with Crippen molar-refractivity contribution in [3.05, 3.63) is 54.0 Å². The smallest absolute Gasteiger partial charge is 0.244 e. The van der Waals surface area contributed by atoms with E-state index in [9.17, 15) is 13.2 Å². The summed E-state index contributed by atoms with van der Waals surface area (Å²) in [5.74, 6) is 0.682. The standard InChI is InChI=1S/C19H25N3O5S/c1-20-28(24,25)18-12-14(7-9-17(18)26-4)8-10-19(23)21-13-15(22(2)3)16-6-5-11-27-16/h5-12,15,20H,13H2,1-4H3,(H,21,23)/b10-8+. The molecule has 1 aromatic carbocycles. The molecule has 0 aliphatic rings. The number of furan rings is 1. The molecule has 0 aliphatic heterocycles. The lowest BCUT2D eigenvalue weighted by Crippen LogP contribution is -2.33. The second kappa shape index (κ2) is 9.54. The number of hydrogen-bond acceptors (Lipinski definition) is 6. The third-order valence-corrected chi connectivity index (χ3v) is 5.57. The number of rotatable bonds is 9. The van der Waals surface area contributed by atoms with Crippen molar-refractivity contribution in [2.75, 3.05) is 34.8 Å². The van der Waals surface area contributed by atoms with Crippen LogP contribution in [0.4, 0.5) is 0 Å². The number of benzene rings is 1. The molecule has 1 amide bonds. The zero-order valence-electron chi connectivity index (χ0n) is 16.3. The zero-order chi connectivity index (χ0) is 20.7. The van der Waals surface area contributed by atoms with Crippen molar-refractivity contribution < 1.29 is 22.4 Å². The number of sulfonamides is 1. The van der Waals surface area contributed by atoms with Crippen LogP contribution in [-0.4, -0.2) is 54.0 Å². The van der Waals surface area contributed by atoms with Crippen molar-refractivity contribution in [3.8, 4) is 5.75 Å². The van der Waals surface area contributed by atoms with Gasteiger partial charge < -0.3 is 14.5 Å². The van der Waals surface area contributed by atoms with Gasteiger partial charge in [0.05, 0.1) is 19.4 Å². The fourth-order valence-corrected chi connectivity index (χ4v) is 3.49. The third-order valence-electron chi connectivity index (χ3n) is 4.14. The average Bonchev–Trinajstić information content (AvgIpc) is 3.20. The lowest BCUT2D eigenvalue weighted by molar-refractivity contribution is -0.116. The predicted molar refractivity (Wildman–Crippen MR) is 106 cm³/mol. The van der Waals surface area contributed by atoms with Crippen molar-refractivity contribution >= 4 is 22.0 Å². The number of nitrogens with zero attached hydrogens (tertiary/aromatic N) is 1. The fourth-order valence-electron chi connectivity index (χ4n) is 2.56. The first-order chi connectivity index (χ1) is 13.3. The van der Waals surface area contributed by atoms with E-state index in [0.717, 1.165) is 5.76 Å². The molecule has 2 aromatic rings. The molecule has 0 saturated carbocycles. The van der Waals surface area contributed by atoms with Gasteiger partial charge in [-0.25, -0.2) is 13.1 Å². The minimum atomic E-state index is -3.68. The molecule has 2 N–H and O–H groups in total. The molecule has 152 valence electrons. The third kappa shape index (κ3) is 5.44. The van der Waals surface area contributed by atoms with Crippen LogP contribution < -0.4 is 14.8 Å². The van der Waals surface area contributed by atoms with Crippen LogP contribution in [0.25, 0.3) is 6.08 Å². The van der Waals surface area contributed by atoms with Crippen molar-refractivity contribution in [1.82, 2.24) is 14.9 Å². The molecular weight excluding hydrogens is 382 g/mol. The number of likely N-dealkylation sites (N-methyl/N-ethyl adjacent to an activating group) is 1. The Hall–Kier alpha value is -2.62. The Morgan fingerprint density at radius 2 is 2.07 bits per heavy atom. The van der Waals surface area contributed by atoms with Crippen LogP contribution in [0.2, 0.25) is 0 Å². The number of nitrogens with one attached hydrogen (secondary N) is 2. The van der Waals surface area contributed by atoms with Crippen LogP contribution in [0, 0.1) is 0 Å². The number of hydrogen-bond donors (Lipinski definition) is 2. The molecule has 2 rings (SSSR count). The number of ether oxygens (including phenoxy) is 1. The molecule has 9 heteroatoms. The van der Waals surface area contributed by atoms with Gasteiger partial charge in [0.1, 0.15) is 16.4 Å². The maximum absolute atomic E-state index is 12.2. The van der Waals surface area contributed by atoms with Crippen LogP contribution in [0.1, 0.15) is 17.4 Å². The van der Waals surface area contributed by atoms with Crippen molar-refractivity contribution in [2.45, 2.75) is 10.9 Å². The predicted octanol–water partition coefficient (Wildman–Crippen LogP) is 1.63. The highest BCUT2D eigenvalue weighted by Gasteiger charge is 2.18. The highest BCUT2D eigenvalue weighted by atomic mass is 32.2. The fraction of sp³-hybridized carbons (Fsp3) is 0.316. The molecule has 8 nitrogen and oxygen atoms in total. The van der Waals surface area contributed by atoms with E-state index < -0.39 is 10.0 Å². The second-order valence-corrected chi connectivity index (χ2v) is 8.05. The first-order valence-electron chi connectivity index (χ1n) is 8.56. The van der Waals surface area contributed by atoms with Gasteiger partial charge in [0.2, 0.25) is 15.9 Å². The Labute approximate surface area is 165 Å². The molecule has 0 fully saturated rings. The highest BCUT2D eigenvalue weighted by Crippen LogP contribution is 2.25. The van der Waals surface area contributed by atoms with E-state index in [0.29, 0.717) is 12.1 Å². The van der Waals surface area contributed by atoms with E-state index in [2.05, 4.69) is 10.0 Å². The summed E-state index contributed by atoms with van der Waals surface area (Å²) in [5.41, 5.74) is 0.556. The van der Waals surface area contributed by atoms with E-state index in [1.54, 1.807) is 30.5 Å². The molecule has 1 atom stereocenters. The van der Waals surface area contributed by atoms with Gasteiger partial charge in [-0.05, 0) is 57.0 Å². The van der Waals surface area contributed by atoms with Gasteiger partial charge in [-0.1, -0.05) is 6.07 Å². The maximum atomic E-state index is 12.2. The molecule has 0 aliphatic carbocycles. The summed E-state index contributed by atoms with van der Waals surface area (Å²) < 4.78 is 37.0. The molecule has 0 bridgehead atoms. The Morgan fingerprint density at radius 1 is 1.32 bits per heavy atom. The molecule has 1 aromatic heterocycles. The molecule has 28 heavy (non-hydrogen) atoms. The van der Waals surface area contributed by atoms with Crippen molar-refractivity contribution in [3.63, 3.8) is 0 Å². The SMILES string of the molecule is CNS(=O)(=O)c1cc(/C=C/C(=O)NCC(c2ccco2)N(C)C)ccc1OC. The quantitative estimate of drug-likeness (QED) is 0.613. The summed E-state index contributed by atoms with van der Waals surface area (Å²) in [6, 6.07) is 8.21. The Kier molecular flexibility index (Phi) is 7.38. The number of methoxy groups -OCH3 is 1. The van der Waals surface area contributed by atoms with Gasteiger partial charge in [-0.15, -0.1) is 0 Å². The summed E-state index contributed by atoms with van der Waals surface area (Å²) in [5, 5.41) is 2.82. The Morgan fingerprint density at radius 3 is 2.64 bits per heavy atom. The second-order valence-electron chi connectivity index (χ2n) is 6.19. The normalized spacial score (nSPS) is 13.0. The van der Waals surface area contributed by atoms with Crippen molar-refractivity contribution in [2.24, 2.45) is 0 Å². The van der Waals surface area contributed by atoms with Gasteiger partial charge in [0.25, 0.3) is 0 Å². The van der Waals surface area contributed by atoms with E-state index in [1.165, 1.54) is 26.3 Å². The Balaban J connectivity index is 2.09. The molecular formula is C19H25N3O5S. The molecule has 0 saturated heterocycles. The van der Waals surface area contributed by atoms with Gasteiger partial charge in [-0.3, -0.25) is 9.69 Å². The maximum Gasteiger partial charge on any atom is 0.244 e. The summed E-state index contributed by atoms with van der Waals surface area (Å²) >= 11 is 0. The largest absolute Gasteiger partial charge is 0.495 e. The van der Waals surface area contributed by atoms with E-state index in [4.69, 9.17) is 9.15 Å². The van der Waals surface area contributed by atoms with Gasteiger partial charge >= 0.3 is 0 Å². The monoisotopic (exact) mass is 407 g/mol. The Bertz CT molecular complexity index is 921. The molecule has 0 spiro atoms. The number of carbonyl (C=O) groups excluding carboxylic acids is 1. The summed E-state index contributed by atoms with van der Waals surface area (Å²) in [7, 11) is 2.83. The van der Waals surface area contributed by atoms with Crippen LogP contribution >= 0.6 is 0 Å². The molecule has 1 heterocycles. The van der Waals surface area contributed by atoms with Crippen LogP contribution in [0.5, 0.6) is 5.75 Å². The number of carbonyl (C=O) groups is 1. The minimum absolute atomic E-state index is 0.00514. The van der Waals surface area contributed by atoms with E-state index in [-0.39, 0.29) is 22.6 Å². The molecule has 0 radical (unpaired) electrons. The lowest BCUT2D eigenvalue weighted by atomic mass is 10.2. The minimum Gasteiger partial charge on any atom is -0.495 e. The summed E-state index contributed by atoms with van der Waals surface area (Å²) in [6.07, 6.45) is 4.49. The topological polar surface area (TPSA) is 101 Å². The van der Waals surface area contributed by atoms with Gasteiger partial charge in [-0.2, -0.15) is 0 Å².